The number of rotatable bonds is 6. The van der Waals surface area contributed by atoms with Crippen molar-refractivity contribution in [1.82, 2.24) is 24.6 Å². The van der Waals surface area contributed by atoms with E-state index in [9.17, 15) is 4.79 Å². The molecule has 0 aliphatic carbocycles. The summed E-state index contributed by atoms with van der Waals surface area (Å²) in [5.41, 5.74) is 3.77. The van der Waals surface area contributed by atoms with Crippen molar-refractivity contribution in [2.24, 2.45) is 7.05 Å². The SMILES string of the molecule is Cn1cccc1-c1cc(C(=O)N2CCCN(CCCc3ccccc3)CC2)[nH]n1. The highest BCUT2D eigenvalue weighted by Crippen LogP contribution is 2.18. The van der Waals surface area contributed by atoms with Gasteiger partial charge in [-0.15, -0.1) is 0 Å². The van der Waals surface area contributed by atoms with E-state index in [1.807, 2.05) is 40.9 Å². The molecule has 3 aromatic rings. The first kappa shape index (κ1) is 19.5. The first-order chi connectivity index (χ1) is 14.2. The Bertz CT molecular complexity index is 930. The number of aryl methyl sites for hydroxylation is 2. The topological polar surface area (TPSA) is 57.2 Å². The van der Waals surface area contributed by atoms with Crippen LogP contribution in [0.5, 0.6) is 0 Å². The third kappa shape index (κ3) is 4.77. The predicted octanol–water partition coefficient (Wildman–Crippen LogP) is 3.20. The van der Waals surface area contributed by atoms with Crippen molar-refractivity contribution in [1.29, 1.82) is 0 Å². The minimum Gasteiger partial charge on any atom is -0.349 e. The van der Waals surface area contributed by atoms with Crippen molar-refractivity contribution >= 4 is 5.91 Å². The zero-order valence-corrected chi connectivity index (χ0v) is 17.1. The van der Waals surface area contributed by atoms with Crippen molar-refractivity contribution in [3.63, 3.8) is 0 Å². The van der Waals surface area contributed by atoms with Gasteiger partial charge in [0.25, 0.3) is 5.91 Å². The molecule has 6 heteroatoms. The summed E-state index contributed by atoms with van der Waals surface area (Å²) >= 11 is 0. The molecule has 3 heterocycles. The highest BCUT2D eigenvalue weighted by Gasteiger charge is 2.22. The number of hydrogen-bond donors (Lipinski definition) is 1. The molecule has 1 aliphatic rings. The van der Waals surface area contributed by atoms with Crippen LogP contribution in [0.15, 0.2) is 54.7 Å². The van der Waals surface area contributed by atoms with Crippen LogP contribution in [0.4, 0.5) is 0 Å². The van der Waals surface area contributed by atoms with E-state index in [0.29, 0.717) is 5.69 Å². The van der Waals surface area contributed by atoms with Crippen LogP contribution in [0.2, 0.25) is 0 Å². The molecule has 1 saturated heterocycles. The fraction of sp³-hybridized carbons (Fsp3) is 0.391. The molecule has 6 nitrogen and oxygen atoms in total. The van der Waals surface area contributed by atoms with Crippen LogP contribution in [-0.2, 0) is 13.5 Å². The van der Waals surface area contributed by atoms with E-state index in [4.69, 9.17) is 0 Å². The molecule has 2 aromatic heterocycles. The maximum Gasteiger partial charge on any atom is 0.271 e. The maximum atomic E-state index is 13.0. The highest BCUT2D eigenvalue weighted by molar-refractivity contribution is 5.93. The molecule has 1 amide bonds. The second-order valence-corrected chi connectivity index (χ2v) is 7.75. The fourth-order valence-electron chi connectivity index (χ4n) is 4.01. The van der Waals surface area contributed by atoms with Gasteiger partial charge in [0.05, 0.1) is 5.69 Å². The molecule has 152 valence electrons. The Balaban J connectivity index is 1.29. The number of aromatic nitrogens is 3. The lowest BCUT2D eigenvalue weighted by atomic mass is 10.1. The number of aromatic amines is 1. The van der Waals surface area contributed by atoms with E-state index in [2.05, 4.69) is 45.4 Å². The Hall–Kier alpha value is -2.86. The molecular weight excluding hydrogens is 362 g/mol. The number of benzene rings is 1. The molecule has 0 unspecified atom stereocenters. The molecule has 1 fully saturated rings. The zero-order chi connectivity index (χ0) is 20.1. The number of H-pyrrole nitrogens is 1. The Morgan fingerprint density at radius 1 is 1.07 bits per heavy atom. The lowest BCUT2D eigenvalue weighted by Crippen LogP contribution is -2.35. The Labute approximate surface area is 172 Å². The number of amides is 1. The van der Waals surface area contributed by atoms with Crippen LogP contribution < -0.4 is 0 Å². The largest absolute Gasteiger partial charge is 0.349 e. The third-order valence-electron chi connectivity index (χ3n) is 5.67. The fourth-order valence-corrected chi connectivity index (χ4v) is 4.01. The van der Waals surface area contributed by atoms with E-state index < -0.39 is 0 Å². The van der Waals surface area contributed by atoms with E-state index >= 15 is 0 Å². The van der Waals surface area contributed by atoms with Crippen molar-refractivity contribution in [3.8, 4) is 11.4 Å². The summed E-state index contributed by atoms with van der Waals surface area (Å²) in [6.45, 7) is 4.63. The molecule has 0 atom stereocenters. The van der Waals surface area contributed by atoms with Gasteiger partial charge in [-0.1, -0.05) is 30.3 Å². The summed E-state index contributed by atoms with van der Waals surface area (Å²) in [5, 5.41) is 7.27. The lowest BCUT2D eigenvalue weighted by molar-refractivity contribution is 0.0755. The van der Waals surface area contributed by atoms with Gasteiger partial charge in [0.15, 0.2) is 0 Å². The number of nitrogens with one attached hydrogen (secondary N) is 1. The third-order valence-corrected chi connectivity index (χ3v) is 5.67. The smallest absolute Gasteiger partial charge is 0.271 e. The summed E-state index contributed by atoms with van der Waals surface area (Å²) in [6.07, 6.45) is 5.25. The Kier molecular flexibility index (Phi) is 6.10. The number of carbonyl (C=O) groups excluding carboxylic acids is 1. The number of carbonyl (C=O) groups is 1. The van der Waals surface area contributed by atoms with Crippen molar-refractivity contribution in [2.75, 3.05) is 32.7 Å². The van der Waals surface area contributed by atoms with Gasteiger partial charge in [-0.3, -0.25) is 9.89 Å². The predicted molar refractivity (Wildman–Crippen MR) is 115 cm³/mol. The van der Waals surface area contributed by atoms with E-state index in [-0.39, 0.29) is 5.91 Å². The van der Waals surface area contributed by atoms with Crippen molar-refractivity contribution < 1.29 is 4.79 Å². The molecule has 1 aliphatic heterocycles. The Morgan fingerprint density at radius 3 is 2.72 bits per heavy atom. The van der Waals surface area contributed by atoms with E-state index in [1.54, 1.807) is 0 Å². The summed E-state index contributed by atoms with van der Waals surface area (Å²) in [6, 6.07) is 16.5. The summed E-state index contributed by atoms with van der Waals surface area (Å²) < 4.78 is 2.00. The minimum absolute atomic E-state index is 0.0455. The summed E-state index contributed by atoms with van der Waals surface area (Å²) in [7, 11) is 1.98. The standard InChI is InChI=1S/C23H29N5O/c1-26-12-6-11-22(26)20-18-21(25-24-20)23(29)28-15-7-14-27(16-17-28)13-5-10-19-8-3-2-4-9-19/h2-4,6,8-9,11-12,18H,5,7,10,13-17H2,1H3,(H,24,25). The van der Waals surface area contributed by atoms with Crippen LogP contribution in [0.25, 0.3) is 11.4 Å². The molecule has 0 bridgehead atoms. The van der Waals surface area contributed by atoms with Gasteiger partial charge in [0.2, 0.25) is 0 Å². The van der Waals surface area contributed by atoms with Crippen LogP contribution in [-0.4, -0.2) is 63.2 Å². The van der Waals surface area contributed by atoms with Gasteiger partial charge in [0, 0.05) is 32.9 Å². The molecule has 1 aromatic carbocycles. The highest BCUT2D eigenvalue weighted by atomic mass is 16.2. The van der Waals surface area contributed by atoms with Gasteiger partial charge in [-0.25, -0.2) is 0 Å². The summed E-state index contributed by atoms with van der Waals surface area (Å²) in [5.74, 6) is 0.0455. The quantitative estimate of drug-likeness (QED) is 0.702. The number of hydrogen-bond acceptors (Lipinski definition) is 3. The van der Waals surface area contributed by atoms with Gasteiger partial charge < -0.3 is 14.4 Å². The van der Waals surface area contributed by atoms with Crippen LogP contribution in [0, 0.1) is 0 Å². The first-order valence-corrected chi connectivity index (χ1v) is 10.4. The molecule has 4 rings (SSSR count). The number of nitrogens with zero attached hydrogens (tertiary/aromatic N) is 4. The van der Waals surface area contributed by atoms with Gasteiger partial charge in [0.1, 0.15) is 11.4 Å². The van der Waals surface area contributed by atoms with E-state index in [0.717, 1.165) is 63.4 Å². The van der Waals surface area contributed by atoms with Gasteiger partial charge in [-0.05, 0) is 56.1 Å². The lowest BCUT2D eigenvalue weighted by Gasteiger charge is -2.21. The van der Waals surface area contributed by atoms with E-state index in [1.165, 1.54) is 5.56 Å². The second-order valence-electron chi connectivity index (χ2n) is 7.75. The van der Waals surface area contributed by atoms with Crippen LogP contribution in [0.1, 0.15) is 28.9 Å². The molecule has 0 radical (unpaired) electrons. The van der Waals surface area contributed by atoms with Gasteiger partial charge >= 0.3 is 0 Å². The van der Waals surface area contributed by atoms with Crippen molar-refractivity contribution in [2.45, 2.75) is 19.3 Å². The maximum absolute atomic E-state index is 13.0. The minimum atomic E-state index is 0.0455. The van der Waals surface area contributed by atoms with Gasteiger partial charge in [-0.2, -0.15) is 5.10 Å². The average Bonchev–Trinajstić information content (AvgIpc) is 3.32. The molecule has 0 spiro atoms. The van der Waals surface area contributed by atoms with Crippen LogP contribution in [0.3, 0.4) is 0 Å². The second kappa shape index (κ2) is 9.09. The van der Waals surface area contributed by atoms with Crippen molar-refractivity contribution in [3.05, 3.63) is 66.0 Å². The molecule has 29 heavy (non-hydrogen) atoms. The summed E-state index contributed by atoms with van der Waals surface area (Å²) in [4.78, 5) is 17.4. The molecule has 0 saturated carbocycles. The zero-order valence-electron chi connectivity index (χ0n) is 17.1. The molecular formula is C23H29N5O. The molecule has 1 N–H and O–H groups in total. The average molecular weight is 392 g/mol. The Morgan fingerprint density at radius 2 is 1.93 bits per heavy atom. The normalized spacial score (nSPS) is 15.4. The first-order valence-electron chi connectivity index (χ1n) is 10.4. The van der Waals surface area contributed by atoms with Crippen LogP contribution >= 0.6 is 0 Å². The monoisotopic (exact) mass is 391 g/mol.